The first-order valence-corrected chi connectivity index (χ1v) is 7.07. The normalized spacial score (nSPS) is 17.4. The second-order valence-electron chi connectivity index (χ2n) is 4.80. The zero-order valence-electron chi connectivity index (χ0n) is 9.97. The van der Waals surface area contributed by atoms with Gasteiger partial charge in [0.25, 0.3) is 0 Å². The second kappa shape index (κ2) is 4.90. The number of aliphatic hydroxyl groups excluding tert-OH is 1. The maximum absolute atomic E-state index is 10.4. The van der Waals surface area contributed by atoms with Crippen LogP contribution in [-0.4, -0.2) is 5.11 Å². The Balaban J connectivity index is 1.95. The van der Waals surface area contributed by atoms with Crippen molar-refractivity contribution in [1.29, 1.82) is 0 Å². The van der Waals surface area contributed by atoms with E-state index < -0.39 is 6.10 Å². The predicted molar refractivity (Wildman–Crippen MR) is 73.5 cm³/mol. The van der Waals surface area contributed by atoms with Gasteiger partial charge in [0.1, 0.15) is 11.9 Å². The first kappa shape index (κ1) is 12.0. The van der Waals surface area contributed by atoms with Crippen LogP contribution in [0.2, 0.25) is 0 Å². The third-order valence-corrected chi connectivity index (χ3v) is 4.13. The zero-order valence-corrected chi connectivity index (χ0v) is 11.6. The van der Waals surface area contributed by atoms with E-state index in [4.69, 9.17) is 4.42 Å². The van der Waals surface area contributed by atoms with E-state index in [1.807, 2.05) is 30.3 Å². The van der Waals surface area contributed by atoms with Crippen molar-refractivity contribution in [3.63, 3.8) is 0 Å². The van der Waals surface area contributed by atoms with Crippen LogP contribution in [0.15, 0.2) is 45.5 Å². The van der Waals surface area contributed by atoms with Gasteiger partial charge in [-0.1, -0.05) is 30.7 Å². The first-order valence-electron chi connectivity index (χ1n) is 6.28. The van der Waals surface area contributed by atoms with Crippen molar-refractivity contribution < 1.29 is 9.52 Å². The topological polar surface area (TPSA) is 33.4 Å². The van der Waals surface area contributed by atoms with E-state index in [0.717, 1.165) is 5.56 Å². The van der Waals surface area contributed by atoms with Crippen molar-refractivity contribution in [3.8, 4) is 0 Å². The molecule has 0 bridgehead atoms. The Hall–Kier alpha value is -1.06. The highest BCUT2D eigenvalue weighted by Crippen LogP contribution is 2.40. The third kappa shape index (κ3) is 2.13. The number of benzene rings is 1. The van der Waals surface area contributed by atoms with Crippen LogP contribution in [0.4, 0.5) is 0 Å². The molecule has 1 N–H and O–H groups in total. The molecule has 94 valence electrons. The quantitative estimate of drug-likeness (QED) is 0.912. The van der Waals surface area contributed by atoms with Crippen molar-refractivity contribution in [1.82, 2.24) is 0 Å². The van der Waals surface area contributed by atoms with Gasteiger partial charge in [-0.3, -0.25) is 0 Å². The Morgan fingerprint density at radius 1 is 1.17 bits per heavy atom. The number of hydrogen-bond acceptors (Lipinski definition) is 2. The van der Waals surface area contributed by atoms with Crippen LogP contribution in [0, 0.1) is 0 Å². The Bertz CT molecular complexity index is 543. The Morgan fingerprint density at radius 3 is 2.56 bits per heavy atom. The van der Waals surface area contributed by atoms with Crippen LogP contribution in [0.25, 0.3) is 0 Å². The summed E-state index contributed by atoms with van der Waals surface area (Å²) in [5, 5.41) is 10.4. The van der Waals surface area contributed by atoms with Crippen LogP contribution in [-0.2, 0) is 0 Å². The molecule has 1 atom stereocenters. The van der Waals surface area contributed by atoms with Gasteiger partial charge in [0.2, 0.25) is 0 Å². The fourth-order valence-corrected chi connectivity index (χ4v) is 2.80. The van der Waals surface area contributed by atoms with Gasteiger partial charge in [-0.2, -0.15) is 0 Å². The smallest absolute Gasteiger partial charge is 0.169 e. The largest absolute Gasteiger partial charge is 0.451 e. The molecule has 2 aromatic rings. The second-order valence-corrected chi connectivity index (χ2v) is 5.58. The van der Waals surface area contributed by atoms with Crippen molar-refractivity contribution in [2.24, 2.45) is 0 Å². The monoisotopic (exact) mass is 306 g/mol. The SMILES string of the molecule is OC(c1ccc(Br)o1)c1ccccc1C1CCC1. The van der Waals surface area contributed by atoms with Crippen LogP contribution in [0.3, 0.4) is 0 Å². The summed E-state index contributed by atoms with van der Waals surface area (Å²) < 4.78 is 6.10. The van der Waals surface area contributed by atoms with E-state index in [9.17, 15) is 5.11 Å². The van der Waals surface area contributed by atoms with Gasteiger partial charge < -0.3 is 9.52 Å². The van der Waals surface area contributed by atoms with Gasteiger partial charge in [0.05, 0.1) is 0 Å². The lowest BCUT2D eigenvalue weighted by atomic mass is 9.77. The Kier molecular flexibility index (Phi) is 3.27. The van der Waals surface area contributed by atoms with Gasteiger partial charge in [-0.25, -0.2) is 0 Å². The Morgan fingerprint density at radius 2 is 1.94 bits per heavy atom. The summed E-state index contributed by atoms with van der Waals surface area (Å²) >= 11 is 3.27. The van der Waals surface area contributed by atoms with Gasteiger partial charge in [0, 0.05) is 0 Å². The third-order valence-electron chi connectivity index (χ3n) is 3.70. The fraction of sp³-hybridized carbons (Fsp3) is 0.333. The minimum absolute atomic E-state index is 0.591. The highest BCUT2D eigenvalue weighted by Gasteiger charge is 2.25. The molecule has 1 aromatic carbocycles. The number of aliphatic hydroxyl groups is 1. The van der Waals surface area contributed by atoms with Crippen molar-refractivity contribution >= 4 is 15.9 Å². The minimum atomic E-state index is -0.673. The van der Waals surface area contributed by atoms with Crippen LogP contribution < -0.4 is 0 Å². The summed E-state index contributed by atoms with van der Waals surface area (Å²) in [6, 6.07) is 11.8. The van der Waals surface area contributed by atoms with E-state index >= 15 is 0 Å². The van der Waals surface area contributed by atoms with E-state index in [-0.39, 0.29) is 0 Å². The lowest BCUT2D eigenvalue weighted by Gasteiger charge is -2.28. The maximum Gasteiger partial charge on any atom is 0.169 e. The van der Waals surface area contributed by atoms with E-state index in [1.54, 1.807) is 0 Å². The van der Waals surface area contributed by atoms with Crippen LogP contribution in [0.1, 0.15) is 48.2 Å². The average Bonchev–Trinajstić information content (AvgIpc) is 2.74. The molecule has 1 saturated carbocycles. The number of halogens is 1. The highest BCUT2D eigenvalue weighted by molar-refractivity contribution is 9.10. The molecular weight excluding hydrogens is 292 g/mol. The molecule has 2 nitrogen and oxygen atoms in total. The molecule has 1 aliphatic carbocycles. The van der Waals surface area contributed by atoms with Gasteiger partial charge in [-0.05, 0) is 57.9 Å². The molecule has 1 fully saturated rings. The molecule has 1 aromatic heterocycles. The van der Waals surface area contributed by atoms with Crippen LogP contribution in [0.5, 0.6) is 0 Å². The number of furan rings is 1. The summed E-state index contributed by atoms with van der Waals surface area (Å²) in [4.78, 5) is 0. The van der Waals surface area contributed by atoms with Gasteiger partial charge in [-0.15, -0.1) is 0 Å². The van der Waals surface area contributed by atoms with Crippen LogP contribution >= 0.6 is 15.9 Å². The highest BCUT2D eigenvalue weighted by atomic mass is 79.9. The van der Waals surface area contributed by atoms with E-state index in [0.29, 0.717) is 16.3 Å². The standard InChI is InChI=1S/C15H15BrO2/c16-14-9-8-13(18-14)15(17)12-7-2-1-6-11(12)10-4-3-5-10/h1-2,6-10,15,17H,3-5H2. The summed E-state index contributed by atoms with van der Waals surface area (Å²) in [7, 11) is 0. The van der Waals surface area contributed by atoms with E-state index in [2.05, 4.69) is 22.0 Å². The Labute approximate surface area is 115 Å². The molecule has 0 amide bonds. The lowest BCUT2D eigenvalue weighted by Crippen LogP contribution is -2.13. The molecule has 1 aliphatic rings. The molecular formula is C15H15BrO2. The fourth-order valence-electron chi connectivity index (χ4n) is 2.48. The molecule has 0 saturated heterocycles. The molecule has 0 spiro atoms. The maximum atomic E-state index is 10.4. The lowest BCUT2D eigenvalue weighted by molar-refractivity contribution is 0.185. The number of hydrogen-bond donors (Lipinski definition) is 1. The van der Waals surface area contributed by atoms with Crippen molar-refractivity contribution in [3.05, 3.63) is 58.0 Å². The van der Waals surface area contributed by atoms with Gasteiger partial charge in [0.15, 0.2) is 4.67 Å². The molecule has 0 radical (unpaired) electrons. The first-order chi connectivity index (χ1) is 8.75. The average molecular weight is 307 g/mol. The zero-order chi connectivity index (χ0) is 12.5. The van der Waals surface area contributed by atoms with Gasteiger partial charge >= 0.3 is 0 Å². The summed E-state index contributed by atoms with van der Waals surface area (Å²) in [5.41, 5.74) is 2.24. The molecule has 0 aliphatic heterocycles. The summed E-state index contributed by atoms with van der Waals surface area (Å²) in [5.74, 6) is 1.20. The predicted octanol–water partition coefficient (Wildman–Crippen LogP) is 4.39. The molecule has 18 heavy (non-hydrogen) atoms. The van der Waals surface area contributed by atoms with Crippen molar-refractivity contribution in [2.45, 2.75) is 31.3 Å². The van der Waals surface area contributed by atoms with E-state index in [1.165, 1.54) is 24.8 Å². The summed E-state index contributed by atoms with van der Waals surface area (Å²) in [6.45, 7) is 0. The molecule has 3 heteroatoms. The summed E-state index contributed by atoms with van der Waals surface area (Å²) in [6.07, 6.45) is 3.08. The minimum Gasteiger partial charge on any atom is -0.451 e. The van der Waals surface area contributed by atoms with Crippen molar-refractivity contribution in [2.75, 3.05) is 0 Å². The molecule has 1 heterocycles. The molecule has 3 rings (SSSR count). The molecule has 1 unspecified atom stereocenters. The number of rotatable bonds is 3.